The number of aryl methyl sites for hydroxylation is 2. The Bertz CT molecular complexity index is 588. The van der Waals surface area contributed by atoms with Gasteiger partial charge in [0.05, 0.1) is 0 Å². The van der Waals surface area contributed by atoms with Gasteiger partial charge in [-0.2, -0.15) is 0 Å². The fourth-order valence-electron chi connectivity index (χ4n) is 2.29. The zero-order valence-corrected chi connectivity index (χ0v) is 13.5. The molecule has 0 aliphatic rings. The van der Waals surface area contributed by atoms with Gasteiger partial charge in [-0.1, -0.05) is 20.8 Å². The molecule has 2 heterocycles. The van der Waals surface area contributed by atoms with Crippen LogP contribution in [0.1, 0.15) is 50.8 Å². The molecule has 0 atom stereocenters. The van der Waals surface area contributed by atoms with E-state index in [1.165, 1.54) is 0 Å². The summed E-state index contributed by atoms with van der Waals surface area (Å²) in [5, 5.41) is 3.41. The maximum absolute atomic E-state index is 4.72. The zero-order chi connectivity index (χ0) is 15.2. The smallest absolute Gasteiger partial charge is 0.146 e. The molecule has 2 aromatic heterocycles. The summed E-state index contributed by atoms with van der Waals surface area (Å²) in [5.41, 5.74) is 1.08. The SMILES string of the molecule is CCCNc1nc(CC)nc(-n2ccnc2CCC)c1C. The summed E-state index contributed by atoms with van der Waals surface area (Å²) in [6.45, 7) is 9.39. The molecule has 0 radical (unpaired) electrons. The number of rotatable bonds is 7. The van der Waals surface area contributed by atoms with Crippen LogP contribution in [0.5, 0.6) is 0 Å². The quantitative estimate of drug-likeness (QED) is 0.849. The molecule has 0 unspecified atom stereocenters. The first-order valence-corrected chi connectivity index (χ1v) is 7.85. The third kappa shape index (κ3) is 3.40. The molecule has 0 spiro atoms. The molecular formula is C16H25N5. The van der Waals surface area contributed by atoms with E-state index >= 15 is 0 Å². The molecule has 1 N–H and O–H groups in total. The van der Waals surface area contributed by atoms with E-state index in [1.807, 2.05) is 12.4 Å². The van der Waals surface area contributed by atoms with E-state index in [0.717, 1.165) is 61.1 Å². The first kappa shape index (κ1) is 15.5. The minimum Gasteiger partial charge on any atom is -0.370 e. The topological polar surface area (TPSA) is 55.6 Å². The van der Waals surface area contributed by atoms with Crippen LogP contribution in [0.4, 0.5) is 5.82 Å². The highest BCUT2D eigenvalue weighted by Crippen LogP contribution is 2.21. The van der Waals surface area contributed by atoms with Crippen molar-refractivity contribution in [1.82, 2.24) is 19.5 Å². The number of imidazole rings is 1. The largest absolute Gasteiger partial charge is 0.370 e. The number of hydrogen-bond acceptors (Lipinski definition) is 4. The first-order chi connectivity index (χ1) is 10.2. The van der Waals surface area contributed by atoms with Crippen molar-refractivity contribution in [2.75, 3.05) is 11.9 Å². The lowest BCUT2D eigenvalue weighted by molar-refractivity contribution is 0.781. The van der Waals surface area contributed by atoms with E-state index in [2.05, 4.69) is 47.5 Å². The third-order valence-corrected chi connectivity index (χ3v) is 3.44. The van der Waals surface area contributed by atoms with Gasteiger partial charge in [-0.05, 0) is 19.8 Å². The monoisotopic (exact) mass is 287 g/mol. The second kappa shape index (κ2) is 7.20. The Morgan fingerprint density at radius 2 is 1.95 bits per heavy atom. The number of anilines is 1. The summed E-state index contributed by atoms with van der Waals surface area (Å²) in [4.78, 5) is 13.8. The van der Waals surface area contributed by atoms with E-state index < -0.39 is 0 Å². The van der Waals surface area contributed by atoms with Gasteiger partial charge in [0.15, 0.2) is 0 Å². The summed E-state index contributed by atoms with van der Waals surface area (Å²) in [6, 6.07) is 0. The molecule has 5 heteroatoms. The van der Waals surface area contributed by atoms with Gasteiger partial charge in [0.25, 0.3) is 0 Å². The van der Waals surface area contributed by atoms with E-state index in [4.69, 9.17) is 4.98 Å². The third-order valence-electron chi connectivity index (χ3n) is 3.44. The van der Waals surface area contributed by atoms with Crippen molar-refractivity contribution in [1.29, 1.82) is 0 Å². The van der Waals surface area contributed by atoms with Gasteiger partial charge >= 0.3 is 0 Å². The summed E-state index contributed by atoms with van der Waals surface area (Å²) < 4.78 is 2.09. The van der Waals surface area contributed by atoms with Gasteiger partial charge < -0.3 is 5.32 Å². The summed E-state index contributed by atoms with van der Waals surface area (Å²) in [6.07, 6.45) is 7.76. The highest BCUT2D eigenvalue weighted by molar-refractivity contribution is 5.52. The van der Waals surface area contributed by atoms with Crippen molar-refractivity contribution < 1.29 is 0 Å². The molecule has 0 saturated heterocycles. The molecule has 0 aliphatic heterocycles. The highest BCUT2D eigenvalue weighted by atomic mass is 15.2. The van der Waals surface area contributed by atoms with Gasteiger partial charge in [0, 0.05) is 37.3 Å². The standard InChI is InChI=1S/C16H25N5/c1-5-8-14-17-10-11-21(14)16-12(4)15(18-9-6-2)19-13(7-3)20-16/h10-11H,5-9H2,1-4H3,(H,18,19,20). The lowest BCUT2D eigenvalue weighted by Gasteiger charge is -2.15. The number of hydrogen-bond donors (Lipinski definition) is 1. The number of nitrogens with one attached hydrogen (secondary N) is 1. The van der Waals surface area contributed by atoms with Crippen LogP contribution in [0.15, 0.2) is 12.4 Å². The average Bonchev–Trinajstić information content (AvgIpc) is 2.95. The summed E-state index contributed by atoms with van der Waals surface area (Å²) in [5.74, 6) is 3.81. The summed E-state index contributed by atoms with van der Waals surface area (Å²) >= 11 is 0. The molecule has 0 aliphatic carbocycles. The molecule has 2 aromatic rings. The van der Waals surface area contributed by atoms with Gasteiger partial charge in [-0.15, -0.1) is 0 Å². The van der Waals surface area contributed by atoms with Gasteiger partial charge in [-0.25, -0.2) is 15.0 Å². The van der Waals surface area contributed by atoms with Gasteiger partial charge in [0.2, 0.25) is 0 Å². The molecular weight excluding hydrogens is 262 g/mol. The van der Waals surface area contributed by atoms with Gasteiger partial charge in [0.1, 0.15) is 23.3 Å². The molecule has 5 nitrogen and oxygen atoms in total. The predicted molar refractivity (Wildman–Crippen MR) is 86.0 cm³/mol. The fourth-order valence-corrected chi connectivity index (χ4v) is 2.29. The van der Waals surface area contributed by atoms with E-state index in [-0.39, 0.29) is 0 Å². The molecule has 21 heavy (non-hydrogen) atoms. The molecule has 0 aromatic carbocycles. The van der Waals surface area contributed by atoms with Crippen molar-refractivity contribution in [3.05, 3.63) is 29.6 Å². The minimum absolute atomic E-state index is 0.825. The van der Waals surface area contributed by atoms with Crippen molar-refractivity contribution in [2.45, 2.75) is 53.4 Å². The second-order valence-electron chi connectivity index (χ2n) is 5.18. The van der Waals surface area contributed by atoms with E-state index in [0.29, 0.717) is 0 Å². The van der Waals surface area contributed by atoms with Crippen LogP contribution in [0.25, 0.3) is 5.82 Å². The van der Waals surface area contributed by atoms with Crippen LogP contribution >= 0.6 is 0 Å². The summed E-state index contributed by atoms with van der Waals surface area (Å²) in [7, 11) is 0. The van der Waals surface area contributed by atoms with Crippen LogP contribution in [0.2, 0.25) is 0 Å². The van der Waals surface area contributed by atoms with Crippen LogP contribution in [0, 0.1) is 6.92 Å². The first-order valence-electron chi connectivity index (χ1n) is 7.85. The van der Waals surface area contributed by atoms with E-state index in [9.17, 15) is 0 Å². The normalized spacial score (nSPS) is 10.9. The number of nitrogens with zero attached hydrogens (tertiary/aromatic N) is 4. The Labute approximate surface area is 126 Å². The molecule has 0 fully saturated rings. The highest BCUT2D eigenvalue weighted by Gasteiger charge is 2.14. The molecule has 114 valence electrons. The van der Waals surface area contributed by atoms with Crippen LogP contribution in [-0.4, -0.2) is 26.1 Å². The number of aromatic nitrogens is 4. The van der Waals surface area contributed by atoms with E-state index in [1.54, 1.807) is 0 Å². The molecule has 0 amide bonds. The van der Waals surface area contributed by atoms with Crippen molar-refractivity contribution in [3.63, 3.8) is 0 Å². The lowest BCUT2D eigenvalue weighted by Crippen LogP contribution is -2.12. The lowest BCUT2D eigenvalue weighted by atomic mass is 10.2. The maximum atomic E-state index is 4.72. The molecule has 0 saturated carbocycles. The Hall–Kier alpha value is -1.91. The van der Waals surface area contributed by atoms with Crippen molar-refractivity contribution >= 4 is 5.82 Å². The minimum atomic E-state index is 0.825. The Morgan fingerprint density at radius 1 is 1.14 bits per heavy atom. The average molecular weight is 287 g/mol. The van der Waals surface area contributed by atoms with Crippen LogP contribution in [-0.2, 0) is 12.8 Å². The maximum Gasteiger partial charge on any atom is 0.146 e. The van der Waals surface area contributed by atoms with Crippen LogP contribution in [0.3, 0.4) is 0 Å². The Kier molecular flexibility index (Phi) is 5.31. The second-order valence-corrected chi connectivity index (χ2v) is 5.18. The molecule has 0 bridgehead atoms. The Balaban J connectivity index is 2.48. The molecule has 2 rings (SSSR count). The van der Waals surface area contributed by atoms with Crippen LogP contribution < -0.4 is 5.32 Å². The fraction of sp³-hybridized carbons (Fsp3) is 0.562. The van der Waals surface area contributed by atoms with Crippen molar-refractivity contribution in [3.8, 4) is 5.82 Å². The van der Waals surface area contributed by atoms with Crippen molar-refractivity contribution in [2.24, 2.45) is 0 Å². The Morgan fingerprint density at radius 3 is 2.62 bits per heavy atom. The predicted octanol–water partition coefficient (Wildman–Crippen LogP) is 3.31. The zero-order valence-electron chi connectivity index (χ0n) is 13.5. The van der Waals surface area contributed by atoms with Gasteiger partial charge in [-0.3, -0.25) is 4.57 Å².